The van der Waals surface area contributed by atoms with Crippen LogP contribution in [0.4, 0.5) is 0 Å². The Morgan fingerprint density at radius 3 is 2.70 bits per heavy atom. The Balaban J connectivity index is 1.48. The fourth-order valence-corrected chi connectivity index (χ4v) is 3.90. The predicted molar refractivity (Wildman–Crippen MR) is 98.0 cm³/mol. The third-order valence-corrected chi connectivity index (χ3v) is 5.74. The first-order valence-electron chi connectivity index (χ1n) is 9.52. The highest BCUT2D eigenvalue weighted by Gasteiger charge is 2.27. The standard InChI is InChI=1S/C19H24N4O4/c1-11-10-14(12-4-3-5-12)27-18(25)16(11)17(24)20-13-6-7-15-21-22(2)19(26)23(15)9-8-13/h10,12-13H,3-9H2,1-2H3,(H,20,24). The average Bonchev–Trinajstić information content (AvgIpc) is 2.71. The van der Waals surface area contributed by atoms with E-state index in [0.717, 1.165) is 25.1 Å². The lowest BCUT2D eigenvalue weighted by Gasteiger charge is -2.24. The zero-order chi connectivity index (χ0) is 19.1. The molecule has 2 aliphatic rings. The van der Waals surface area contributed by atoms with Crippen LogP contribution in [0.3, 0.4) is 0 Å². The molecular weight excluding hydrogens is 348 g/mol. The Hall–Kier alpha value is -2.64. The SMILES string of the molecule is Cc1cc(C2CCC2)oc(=O)c1C(=O)NC1CCc2nn(C)c(=O)n2CC1. The minimum atomic E-state index is -0.565. The van der Waals surface area contributed by atoms with Crippen molar-refractivity contribution in [2.45, 2.75) is 64.0 Å². The van der Waals surface area contributed by atoms with Gasteiger partial charge >= 0.3 is 11.3 Å². The van der Waals surface area contributed by atoms with Crippen LogP contribution in [-0.4, -0.2) is 26.3 Å². The normalized spacial score (nSPS) is 19.9. The van der Waals surface area contributed by atoms with Crippen molar-refractivity contribution in [2.24, 2.45) is 7.05 Å². The molecule has 144 valence electrons. The van der Waals surface area contributed by atoms with Gasteiger partial charge in [-0.2, -0.15) is 5.10 Å². The van der Waals surface area contributed by atoms with Gasteiger partial charge in [0.15, 0.2) is 0 Å². The van der Waals surface area contributed by atoms with E-state index in [1.165, 1.54) is 4.68 Å². The Kier molecular flexibility index (Phi) is 4.49. The molecule has 1 saturated carbocycles. The number of amides is 1. The number of carbonyl (C=O) groups is 1. The van der Waals surface area contributed by atoms with Crippen LogP contribution in [0.2, 0.25) is 0 Å². The van der Waals surface area contributed by atoms with E-state index >= 15 is 0 Å². The number of hydrogen-bond acceptors (Lipinski definition) is 5. The molecule has 1 aliphatic heterocycles. The summed E-state index contributed by atoms with van der Waals surface area (Å²) in [6, 6.07) is 1.71. The molecule has 0 saturated heterocycles. The van der Waals surface area contributed by atoms with Crippen molar-refractivity contribution in [1.29, 1.82) is 0 Å². The van der Waals surface area contributed by atoms with Crippen LogP contribution in [-0.2, 0) is 20.0 Å². The highest BCUT2D eigenvalue weighted by atomic mass is 16.4. The molecule has 4 rings (SSSR count). The molecule has 1 aliphatic carbocycles. The average molecular weight is 372 g/mol. The van der Waals surface area contributed by atoms with Crippen LogP contribution in [0.15, 0.2) is 20.1 Å². The lowest BCUT2D eigenvalue weighted by Crippen LogP contribution is -2.38. The first-order valence-corrected chi connectivity index (χ1v) is 9.52. The van der Waals surface area contributed by atoms with Gasteiger partial charge in [-0.05, 0) is 44.2 Å². The minimum Gasteiger partial charge on any atom is -0.427 e. The Morgan fingerprint density at radius 1 is 1.26 bits per heavy atom. The smallest absolute Gasteiger partial charge is 0.349 e. The molecule has 2 aromatic heterocycles. The molecular formula is C19H24N4O4. The molecule has 1 amide bonds. The maximum absolute atomic E-state index is 12.7. The fourth-order valence-electron chi connectivity index (χ4n) is 3.90. The highest BCUT2D eigenvalue weighted by Crippen LogP contribution is 2.36. The first kappa shape index (κ1) is 17.8. The highest BCUT2D eigenvalue weighted by molar-refractivity contribution is 5.95. The van der Waals surface area contributed by atoms with Gasteiger partial charge in [-0.3, -0.25) is 9.36 Å². The van der Waals surface area contributed by atoms with Crippen molar-refractivity contribution in [3.8, 4) is 0 Å². The van der Waals surface area contributed by atoms with Crippen molar-refractivity contribution >= 4 is 5.91 Å². The summed E-state index contributed by atoms with van der Waals surface area (Å²) < 4.78 is 8.41. The summed E-state index contributed by atoms with van der Waals surface area (Å²) in [7, 11) is 1.64. The number of hydrogen-bond donors (Lipinski definition) is 1. The van der Waals surface area contributed by atoms with E-state index in [2.05, 4.69) is 10.4 Å². The second-order valence-electron chi connectivity index (χ2n) is 7.59. The van der Waals surface area contributed by atoms with Gasteiger partial charge in [0.25, 0.3) is 5.91 Å². The molecule has 8 heteroatoms. The van der Waals surface area contributed by atoms with Gasteiger partial charge in [0.2, 0.25) is 0 Å². The molecule has 1 N–H and O–H groups in total. The zero-order valence-electron chi connectivity index (χ0n) is 15.7. The van der Waals surface area contributed by atoms with E-state index in [9.17, 15) is 14.4 Å². The lowest BCUT2D eigenvalue weighted by atomic mass is 9.83. The third kappa shape index (κ3) is 3.24. The molecule has 27 heavy (non-hydrogen) atoms. The third-order valence-electron chi connectivity index (χ3n) is 5.74. The van der Waals surface area contributed by atoms with Crippen LogP contribution in [0, 0.1) is 6.92 Å². The number of rotatable bonds is 3. The van der Waals surface area contributed by atoms with Gasteiger partial charge in [-0.1, -0.05) is 6.42 Å². The number of nitrogens with zero attached hydrogens (tertiary/aromatic N) is 3. The van der Waals surface area contributed by atoms with Crippen LogP contribution in [0.5, 0.6) is 0 Å². The van der Waals surface area contributed by atoms with Crippen molar-refractivity contribution in [2.75, 3.05) is 0 Å². The predicted octanol–water partition coefficient (Wildman–Crippen LogP) is 1.25. The molecule has 3 heterocycles. The van der Waals surface area contributed by atoms with E-state index in [0.29, 0.717) is 43.0 Å². The lowest BCUT2D eigenvalue weighted by molar-refractivity contribution is 0.0927. The maximum Gasteiger partial charge on any atom is 0.349 e. The largest absolute Gasteiger partial charge is 0.427 e. The molecule has 0 bridgehead atoms. The minimum absolute atomic E-state index is 0.0796. The fraction of sp³-hybridized carbons (Fsp3) is 0.579. The monoisotopic (exact) mass is 372 g/mol. The van der Waals surface area contributed by atoms with Crippen molar-refractivity contribution in [3.63, 3.8) is 0 Å². The van der Waals surface area contributed by atoms with Crippen LogP contribution in [0.1, 0.15) is 65.5 Å². The summed E-state index contributed by atoms with van der Waals surface area (Å²) in [6.07, 6.45) is 5.11. The van der Waals surface area contributed by atoms with Gasteiger partial charge in [0.1, 0.15) is 17.1 Å². The summed E-state index contributed by atoms with van der Waals surface area (Å²) in [5.74, 6) is 1.33. The second kappa shape index (κ2) is 6.83. The number of aromatic nitrogens is 3. The van der Waals surface area contributed by atoms with E-state index in [1.807, 2.05) is 6.07 Å². The van der Waals surface area contributed by atoms with Crippen LogP contribution in [0.25, 0.3) is 0 Å². The molecule has 0 aromatic carbocycles. The van der Waals surface area contributed by atoms with Gasteiger partial charge in [-0.25, -0.2) is 14.3 Å². The Morgan fingerprint density at radius 2 is 2.04 bits per heavy atom. The van der Waals surface area contributed by atoms with Gasteiger partial charge in [0, 0.05) is 32.0 Å². The summed E-state index contributed by atoms with van der Waals surface area (Å²) in [5, 5.41) is 7.18. The molecule has 0 radical (unpaired) electrons. The van der Waals surface area contributed by atoms with Crippen molar-refractivity contribution in [1.82, 2.24) is 19.7 Å². The zero-order valence-corrected chi connectivity index (χ0v) is 15.7. The Bertz CT molecular complexity index is 996. The summed E-state index contributed by atoms with van der Waals surface area (Å²) >= 11 is 0. The molecule has 1 atom stereocenters. The molecule has 1 fully saturated rings. The van der Waals surface area contributed by atoms with E-state index in [4.69, 9.17) is 4.42 Å². The topological polar surface area (TPSA) is 99.1 Å². The van der Waals surface area contributed by atoms with E-state index in [-0.39, 0.29) is 17.3 Å². The number of carbonyl (C=O) groups excluding carboxylic acids is 1. The Labute approximate surface area is 156 Å². The van der Waals surface area contributed by atoms with Crippen molar-refractivity contribution < 1.29 is 9.21 Å². The van der Waals surface area contributed by atoms with E-state index in [1.54, 1.807) is 18.5 Å². The molecule has 8 nitrogen and oxygen atoms in total. The number of aryl methyl sites for hydroxylation is 3. The maximum atomic E-state index is 12.7. The van der Waals surface area contributed by atoms with Gasteiger partial charge < -0.3 is 9.73 Å². The number of nitrogens with one attached hydrogen (secondary N) is 1. The summed E-state index contributed by atoms with van der Waals surface area (Å²) in [6.45, 7) is 2.28. The van der Waals surface area contributed by atoms with Crippen LogP contribution < -0.4 is 16.6 Å². The number of fused-ring (bicyclic) bond motifs is 1. The summed E-state index contributed by atoms with van der Waals surface area (Å²) in [5.41, 5.74) is 0.0295. The van der Waals surface area contributed by atoms with Crippen molar-refractivity contribution in [3.05, 3.63) is 49.7 Å². The molecule has 1 unspecified atom stereocenters. The molecule has 0 spiro atoms. The second-order valence-corrected chi connectivity index (χ2v) is 7.59. The quantitative estimate of drug-likeness (QED) is 0.874. The van der Waals surface area contributed by atoms with Gasteiger partial charge in [0.05, 0.1) is 0 Å². The summed E-state index contributed by atoms with van der Waals surface area (Å²) in [4.78, 5) is 37.1. The van der Waals surface area contributed by atoms with Crippen LogP contribution >= 0.6 is 0 Å². The first-order chi connectivity index (χ1) is 12.9. The van der Waals surface area contributed by atoms with E-state index < -0.39 is 11.5 Å². The van der Waals surface area contributed by atoms with Gasteiger partial charge in [-0.15, -0.1) is 0 Å². The molecule has 2 aromatic rings.